The van der Waals surface area contributed by atoms with Gasteiger partial charge in [-0.2, -0.15) is 0 Å². The number of benzene rings is 2. The molecule has 0 fully saturated rings. The second kappa shape index (κ2) is 11.3. The number of nitrogens with one attached hydrogen (secondary N) is 1. The number of amides is 3. The summed E-state index contributed by atoms with van der Waals surface area (Å²) in [6.45, 7) is 8.96. The van der Waals surface area contributed by atoms with Crippen molar-refractivity contribution in [2.75, 3.05) is 18.4 Å². The van der Waals surface area contributed by atoms with E-state index in [1.54, 1.807) is 22.3 Å². The van der Waals surface area contributed by atoms with Gasteiger partial charge in [0.2, 0.25) is 5.91 Å². The van der Waals surface area contributed by atoms with E-state index >= 15 is 0 Å². The lowest BCUT2D eigenvalue weighted by Crippen LogP contribution is -2.44. The minimum Gasteiger partial charge on any atom is -0.332 e. The number of carbonyl (C=O) groups is 2. The Kier molecular flexibility index (Phi) is 8.22. The van der Waals surface area contributed by atoms with Crippen molar-refractivity contribution < 1.29 is 9.59 Å². The smallest absolute Gasteiger partial charge is 0.322 e. The molecule has 0 unspecified atom stereocenters. The Morgan fingerprint density at radius 2 is 1.78 bits per heavy atom. The van der Waals surface area contributed by atoms with Crippen LogP contribution in [0, 0.1) is 13.8 Å². The number of hydrogen-bond donors (Lipinski definition) is 1. The SMILES string of the molecule is C=CCN(CC(=O)N(Cc1ccccc1)Cc1cccs1)C(=O)Nc1ccc(C)cc1C. The number of thiophene rings is 1. The normalized spacial score (nSPS) is 10.4. The van der Waals surface area contributed by atoms with Gasteiger partial charge in [-0.1, -0.05) is 60.2 Å². The van der Waals surface area contributed by atoms with Crippen LogP contribution in [0.5, 0.6) is 0 Å². The zero-order chi connectivity index (χ0) is 22.9. The predicted octanol–water partition coefficient (Wildman–Crippen LogP) is 5.61. The highest BCUT2D eigenvalue weighted by Crippen LogP contribution is 2.18. The molecule has 5 nitrogen and oxygen atoms in total. The zero-order valence-corrected chi connectivity index (χ0v) is 19.4. The maximum atomic E-state index is 13.3. The predicted molar refractivity (Wildman–Crippen MR) is 132 cm³/mol. The van der Waals surface area contributed by atoms with Crippen LogP contribution in [0.4, 0.5) is 10.5 Å². The second-order valence-corrected chi connectivity index (χ2v) is 8.76. The van der Waals surface area contributed by atoms with Gasteiger partial charge in [-0.15, -0.1) is 17.9 Å². The first-order valence-electron chi connectivity index (χ1n) is 10.5. The molecule has 32 heavy (non-hydrogen) atoms. The molecule has 3 rings (SSSR count). The summed E-state index contributed by atoms with van der Waals surface area (Å²) in [6, 6.07) is 19.4. The molecule has 0 aliphatic carbocycles. The van der Waals surface area contributed by atoms with Gasteiger partial charge < -0.3 is 15.1 Å². The van der Waals surface area contributed by atoms with Gasteiger partial charge in [0.1, 0.15) is 6.54 Å². The van der Waals surface area contributed by atoms with Crippen molar-refractivity contribution in [2.24, 2.45) is 0 Å². The van der Waals surface area contributed by atoms with Crippen molar-refractivity contribution in [3.8, 4) is 0 Å². The highest BCUT2D eigenvalue weighted by Gasteiger charge is 2.22. The highest BCUT2D eigenvalue weighted by molar-refractivity contribution is 7.09. The molecule has 0 saturated carbocycles. The van der Waals surface area contributed by atoms with Gasteiger partial charge >= 0.3 is 6.03 Å². The first-order valence-corrected chi connectivity index (χ1v) is 11.4. The Morgan fingerprint density at radius 3 is 2.44 bits per heavy atom. The van der Waals surface area contributed by atoms with Gasteiger partial charge in [0, 0.05) is 23.7 Å². The van der Waals surface area contributed by atoms with E-state index in [0.717, 1.165) is 27.3 Å². The topological polar surface area (TPSA) is 52.7 Å². The standard InChI is InChI=1S/C26H29N3O2S/c1-4-14-28(26(31)27-24-13-12-20(2)16-21(24)3)19-25(30)29(18-23-11-8-15-32-23)17-22-9-6-5-7-10-22/h4-13,15-16H,1,14,17-19H2,2-3H3,(H,27,31). The third-order valence-electron chi connectivity index (χ3n) is 5.08. The van der Waals surface area contributed by atoms with Crippen LogP contribution in [0.15, 0.2) is 78.7 Å². The Bertz CT molecular complexity index is 1050. The summed E-state index contributed by atoms with van der Waals surface area (Å²) in [5.41, 5.74) is 3.89. The van der Waals surface area contributed by atoms with Gasteiger partial charge in [0.25, 0.3) is 0 Å². The summed E-state index contributed by atoms with van der Waals surface area (Å²) in [5.74, 6) is -0.111. The quantitative estimate of drug-likeness (QED) is 0.433. The van der Waals surface area contributed by atoms with E-state index in [1.165, 1.54) is 4.90 Å². The summed E-state index contributed by atoms with van der Waals surface area (Å²) < 4.78 is 0. The zero-order valence-electron chi connectivity index (χ0n) is 18.6. The van der Waals surface area contributed by atoms with Crippen LogP contribution < -0.4 is 5.32 Å². The van der Waals surface area contributed by atoms with Crippen LogP contribution in [0.2, 0.25) is 0 Å². The number of urea groups is 1. The van der Waals surface area contributed by atoms with E-state index in [-0.39, 0.29) is 25.0 Å². The number of nitrogens with zero attached hydrogens (tertiary/aromatic N) is 2. The molecule has 1 aromatic heterocycles. The van der Waals surface area contributed by atoms with E-state index in [0.29, 0.717) is 13.1 Å². The van der Waals surface area contributed by atoms with Crippen LogP contribution in [0.3, 0.4) is 0 Å². The molecule has 6 heteroatoms. The molecule has 166 valence electrons. The molecule has 0 spiro atoms. The molecule has 0 atom stereocenters. The summed E-state index contributed by atoms with van der Waals surface area (Å²) in [5, 5.41) is 4.93. The van der Waals surface area contributed by atoms with E-state index in [1.807, 2.05) is 79.9 Å². The number of hydrogen-bond acceptors (Lipinski definition) is 3. The number of aryl methyl sites for hydroxylation is 2. The van der Waals surface area contributed by atoms with Crippen LogP contribution in [0.1, 0.15) is 21.6 Å². The van der Waals surface area contributed by atoms with Crippen molar-refractivity contribution in [3.05, 3.63) is 100 Å². The summed E-state index contributed by atoms with van der Waals surface area (Å²) in [7, 11) is 0. The van der Waals surface area contributed by atoms with Gasteiger partial charge in [0.05, 0.1) is 6.54 Å². The summed E-state index contributed by atoms with van der Waals surface area (Å²) >= 11 is 1.62. The molecule has 2 aromatic carbocycles. The van der Waals surface area contributed by atoms with Crippen molar-refractivity contribution in [1.29, 1.82) is 0 Å². The lowest BCUT2D eigenvalue weighted by atomic mass is 10.1. The lowest BCUT2D eigenvalue weighted by Gasteiger charge is -2.27. The maximum Gasteiger partial charge on any atom is 0.322 e. The average Bonchev–Trinajstić information content (AvgIpc) is 3.29. The van der Waals surface area contributed by atoms with Gasteiger partial charge in [-0.25, -0.2) is 4.79 Å². The minimum atomic E-state index is -0.319. The summed E-state index contributed by atoms with van der Waals surface area (Å²) in [4.78, 5) is 30.7. The highest BCUT2D eigenvalue weighted by atomic mass is 32.1. The van der Waals surface area contributed by atoms with Gasteiger partial charge in [-0.05, 0) is 42.5 Å². The maximum absolute atomic E-state index is 13.3. The Labute approximate surface area is 194 Å². The molecule has 0 aliphatic heterocycles. The fourth-order valence-electron chi connectivity index (χ4n) is 3.41. The molecule has 0 aliphatic rings. The van der Waals surface area contributed by atoms with Crippen molar-refractivity contribution >= 4 is 29.0 Å². The van der Waals surface area contributed by atoms with Crippen molar-refractivity contribution in [3.63, 3.8) is 0 Å². The van der Waals surface area contributed by atoms with E-state index in [9.17, 15) is 9.59 Å². The summed E-state index contributed by atoms with van der Waals surface area (Å²) in [6.07, 6.45) is 1.63. The lowest BCUT2D eigenvalue weighted by molar-refractivity contribution is -0.132. The monoisotopic (exact) mass is 447 g/mol. The molecule has 0 bridgehead atoms. The Morgan fingerprint density at radius 1 is 1.00 bits per heavy atom. The Balaban J connectivity index is 1.74. The average molecular weight is 448 g/mol. The molecule has 3 aromatic rings. The van der Waals surface area contributed by atoms with E-state index in [4.69, 9.17) is 0 Å². The van der Waals surface area contributed by atoms with Crippen molar-refractivity contribution in [1.82, 2.24) is 9.80 Å². The van der Waals surface area contributed by atoms with Crippen LogP contribution in [0.25, 0.3) is 0 Å². The molecular formula is C26H29N3O2S. The van der Waals surface area contributed by atoms with Crippen LogP contribution in [-0.4, -0.2) is 34.8 Å². The second-order valence-electron chi connectivity index (χ2n) is 7.73. The number of carbonyl (C=O) groups excluding carboxylic acids is 2. The van der Waals surface area contributed by atoms with E-state index in [2.05, 4.69) is 11.9 Å². The van der Waals surface area contributed by atoms with Gasteiger partial charge in [-0.3, -0.25) is 4.79 Å². The molecule has 1 N–H and O–H groups in total. The van der Waals surface area contributed by atoms with Gasteiger partial charge in [0.15, 0.2) is 0 Å². The van der Waals surface area contributed by atoms with Crippen molar-refractivity contribution in [2.45, 2.75) is 26.9 Å². The number of anilines is 1. The minimum absolute atomic E-state index is 0.0268. The first-order chi connectivity index (χ1) is 15.5. The Hall–Kier alpha value is -3.38. The molecule has 1 heterocycles. The fourth-order valence-corrected chi connectivity index (χ4v) is 4.13. The third kappa shape index (κ3) is 6.56. The molecule has 0 radical (unpaired) electrons. The fraction of sp³-hybridized carbons (Fsp3) is 0.231. The van der Waals surface area contributed by atoms with Crippen LogP contribution >= 0.6 is 11.3 Å². The largest absolute Gasteiger partial charge is 0.332 e. The van der Waals surface area contributed by atoms with Crippen LogP contribution in [-0.2, 0) is 17.9 Å². The molecule has 3 amide bonds. The molecule has 0 saturated heterocycles. The number of rotatable bonds is 9. The van der Waals surface area contributed by atoms with E-state index < -0.39 is 0 Å². The first kappa shape index (κ1) is 23.3. The third-order valence-corrected chi connectivity index (χ3v) is 5.94. The molecular weight excluding hydrogens is 418 g/mol.